The Balaban J connectivity index is 2.18. The maximum Gasteiger partial charge on any atom is 0.161 e. The lowest BCUT2D eigenvalue weighted by Gasteiger charge is -2.12. The number of aldehydes is 1. The number of carbonyl (C=O) groups excluding carboxylic acids is 1. The fourth-order valence-corrected chi connectivity index (χ4v) is 1.87. The van der Waals surface area contributed by atoms with Crippen LogP contribution in [-0.4, -0.2) is 13.4 Å². The van der Waals surface area contributed by atoms with Crippen LogP contribution in [0.3, 0.4) is 0 Å². The Morgan fingerprint density at radius 1 is 1.25 bits per heavy atom. The first kappa shape index (κ1) is 14.3. The average Bonchev–Trinajstić information content (AvgIpc) is 2.48. The zero-order chi connectivity index (χ0) is 14.5. The van der Waals surface area contributed by atoms with Crippen LogP contribution in [0.2, 0.25) is 5.02 Å². The third-order valence-electron chi connectivity index (χ3n) is 2.74. The molecule has 0 saturated heterocycles. The molecule has 0 aliphatic rings. The van der Waals surface area contributed by atoms with Crippen molar-refractivity contribution in [1.29, 1.82) is 0 Å². The minimum absolute atomic E-state index is 0.0379. The van der Waals surface area contributed by atoms with Crippen molar-refractivity contribution in [2.24, 2.45) is 0 Å². The molecule has 104 valence electrons. The van der Waals surface area contributed by atoms with Crippen molar-refractivity contribution in [2.75, 3.05) is 7.11 Å². The molecule has 0 radical (unpaired) electrons. The van der Waals surface area contributed by atoms with Crippen molar-refractivity contribution in [2.45, 2.75) is 6.61 Å². The van der Waals surface area contributed by atoms with E-state index in [1.807, 2.05) is 0 Å². The summed E-state index contributed by atoms with van der Waals surface area (Å²) >= 11 is 5.85. The highest BCUT2D eigenvalue weighted by molar-refractivity contribution is 6.31. The van der Waals surface area contributed by atoms with Gasteiger partial charge in [-0.1, -0.05) is 23.7 Å². The van der Waals surface area contributed by atoms with Gasteiger partial charge in [-0.25, -0.2) is 4.39 Å². The summed E-state index contributed by atoms with van der Waals surface area (Å²) in [5.41, 5.74) is 1.02. The van der Waals surface area contributed by atoms with Gasteiger partial charge in [0.2, 0.25) is 0 Å². The number of hydrogen-bond donors (Lipinski definition) is 0. The summed E-state index contributed by atoms with van der Waals surface area (Å²) < 4.78 is 24.0. The van der Waals surface area contributed by atoms with E-state index in [0.717, 1.165) is 6.29 Å². The minimum Gasteiger partial charge on any atom is -0.493 e. The number of benzene rings is 2. The zero-order valence-electron chi connectivity index (χ0n) is 10.7. The standard InChI is InChI=1S/C15H12ClFO3/c1-19-14-7-10(8-18)5-6-13(14)20-9-11-3-2-4-12(17)15(11)16/h2-8H,9H2,1H3. The Kier molecular flexibility index (Phi) is 4.58. The molecule has 0 heterocycles. The summed E-state index contributed by atoms with van der Waals surface area (Å²) in [5, 5.41) is 0.0379. The van der Waals surface area contributed by atoms with Gasteiger partial charge in [0.15, 0.2) is 11.5 Å². The van der Waals surface area contributed by atoms with E-state index in [1.54, 1.807) is 30.3 Å². The molecule has 2 rings (SSSR count). The Bertz CT molecular complexity index is 629. The molecular formula is C15H12ClFO3. The Morgan fingerprint density at radius 3 is 2.75 bits per heavy atom. The number of halogens is 2. The zero-order valence-corrected chi connectivity index (χ0v) is 11.5. The van der Waals surface area contributed by atoms with E-state index in [-0.39, 0.29) is 11.6 Å². The van der Waals surface area contributed by atoms with Crippen LogP contribution in [0.25, 0.3) is 0 Å². The molecule has 0 aromatic heterocycles. The Labute approximate surface area is 120 Å². The van der Waals surface area contributed by atoms with Gasteiger partial charge in [0.1, 0.15) is 18.7 Å². The SMILES string of the molecule is COc1cc(C=O)ccc1OCc1cccc(F)c1Cl. The third-order valence-corrected chi connectivity index (χ3v) is 3.16. The van der Waals surface area contributed by atoms with Crippen LogP contribution >= 0.6 is 11.6 Å². The second-order valence-corrected chi connectivity index (χ2v) is 4.41. The fraction of sp³-hybridized carbons (Fsp3) is 0.133. The molecule has 20 heavy (non-hydrogen) atoms. The molecule has 0 bridgehead atoms. The Morgan fingerprint density at radius 2 is 2.05 bits per heavy atom. The van der Waals surface area contributed by atoms with E-state index in [0.29, 0.717) is 22.6 Å². The second kappa shape index (κ2) is 6.39. The predicted octanol–water partition coefficient (Wildman–Crippen LogP) is 3.88. The van der Waals surface area contributed by atoms with Crippen molar-refractivity contribution >= 4 is 17.9 Å². The molecule has 0 unspecified atom stereocenters. The summed E-state index contributed by atoms with van der Waals surface area (Å²) in [5.74, 6) is 0.400. The van der Waals surface area contributed by atoms with E-state index < -0.39 is 5.82 Å². The van der Waals surface area contributed by atoms with Gasteiger partial charge in [-0.2, -0.15) is 0 Å². The van der Waals surface area contributed by atoms with E-state index in [1.165, 1.54) is 13.2 Å². The third kappa shape index (κ3) is 3.08. The van der Waals surface area contributed by atoms with Crippen LogP contribution in [0.15, 0.2) is 36.4 Å². The molecule has 3 nitrogen and oxygen atoms in total. The van der Waals surface area contributed by atoms with Crippen molar-refractivity contribution in [3.05, 3.63) is 58.4 Å². The molecular weight excluding hydrogens is 283 g/mol. The van der Waals surface area contributed by atoms with Crippen molar-refractivity contribution in [3.63, 3.8) is 0 Å². The largest absolute Gasteiger partial charge is 0.493 e. The van der Waals surface area contributed by atoms with Gasteiger partial charge in [0.25, 0.3) is 0 Å². The van der Waals surface area contributed by atoms with E-state index in [4.69, 9.17) is 21.1 Å². The van der Waals surface area contributed by atoms with E-state index in [9.17, 15) is 9.18 Å². The van der Waals surface area contributed by atoms with Crippen molar-refractivity contribution in [1.82, 2.24) is 0 Å². The fourth-order valence-electron chi connectivity index (χ4n) is 1.69. The van der Waals surface area contributed by atoms with Gasteiger partial charge in [-0.05, 0) is 24.3 Å². The molecule has 0 atom stereocenters. The molecule has 2 aromatic rings. The van der Waals surface area contributed by atoms with Crippen LogP contribution in [0, 0.1) is 5.82 Å². The van der Waals surface area contributed by atoms with Gasteiger partial charge in [0.05, 0.1) is 12.1 Å². The first-order chi connectivity index (χ1) is 9.65. The van der Waals surface area contributed by atoms with Gasteiger partial charge in [-0.15, -0.1) is 0 Å². The van der Waals surface area contributed by atoms with Crippen LogP contribution in [-0.2, 0) is 6.61 Å². The lowest BCUT2D eigenvalue weighted by molar-refractivity contribution is 0.112. The first-order valence-corrected chi connectivity index (χ1v) is 6.22. The molecule has 0 fully saturated rings. The number of methoxy groups -OCH3 is 1. The molecule has 5 heteroatoms. The van der Waals surface area contributed by atoms with Gasteiger partial charge < -0.3 is 9.47 Å². The second-order valence-electron chi connectivity index (χ2n) is 4.03. The smallest absolute Gasteiger partial charge is 0.161 e. The molecule has 2 aromatic carbocycles. The van der Waals surface area contributed by atoms with E-state index in [2.05, 4.69) is 0 Å². The molecule has 0 amide bonds. The summed E-state index contributed by atoms with van der Waals surface area (Å²) in [6.07, 6.45) is 0.718. The highest BCUT2D eigenvalue weighted by atomic mass is 35.5. The van der Waals surface area contributed by atoms with Crippen LogP contribution in [0.4, 0.5) is 4.39 Å². The molecule has 0 saturated carbocycles. The highest BCUT2D eigenvalue weighted by Crippen LogP contribution is 2.29. The number of rotatable bonds is 5. The number of carbonyl (C=O) groups is 1. The number of hydrogen-bond acceptors (Lipinski definition) is 3. The quantitative estimate of drug-likeness (QED) is 0.785. The van der Waals surface area contributed by atoms with Gasteiger partial charge in [-0.3, -0.25) is 4.79 Å². The van der Waals surface area contributed by atoms with Crippen LogP contribution in [0.5, 0.6) is 11.5 Å². The lowest BCUT2D eigenvalue weighted by atomic mass is 10.2. The minimum atomic E-state index is -0.490. The molecule has 0 aliphatic heterocycles. The summed E-state index contributed by atoms with van der Waals surface area (Å²) in [6, 6.07) is 9.32. The average molecular weight is 295 g/mol. The van der Waals surface area contributed by atoms with Gasteiger partial charge in [0, 0.05) is 11.1 Å². The summed E-state index contributed by atoms with van der Waals surface area (Å²) in [4.78, 5) is 10.7. The summed E-state index contributed by atoms with van der Waals surface area (Å²) in [7, 11) is 1.48. The molecule has 0 aliphatic carbocycles. The van der Waals surface area contributed by atoms with Crippen LogP contribution in [0.1, 0.15) is 15.9 Å². The van der Waals surface area contributed by atoms with Crippen LogP contribution < -0.4 is 9.47 Å². The summed E-state index contributed by atoms with van der Waals surface area (Å²) in [6.45, 7) is 0.105. The van der Waals surface area contributed by atoms with Gasteiger partial charge >= 0.3 is 0 Å². The highest BCUT2D eigenvalue weighted by Gasteiger charge is 2.09. The first-order valence-electron chi connectivity index (χ1n) is 5.84. The maximum absolute atomic E-state index is 13.3. The topological polar surface area (TPSA) is 35.5 Å². The normalized spacial score (nSPS) is 10.2. The molecule has 0 N–H and O–H groups in total. The Hall–Kier alpha value is -2.07. The van der Waals surface area contributed by atoms with E-state index >= 15 is 0 Å². The predicted molar refractivity (Wildman–Crippen MR) is 74.1 cm³/mol. The van der Waals surface area contributed by atoms with Crippen molar-refractivity contribution < 1.29 is 18.7 Å². The lowest BCUT2D eigenvalue weighted by Crippen LogP contribution is -1.99. The monoisotopic (exact) mass is 294 g/mol. The van der Waals surface area contributed by atoms with Crippen molar-refractivity contribution in [3.8, 4) is 11.5 Å². The number of ether oxygens (including phenoxy) is 2. The maximum atomic E-state index is 13.3. The molecule has 0 spiro atoms.